The van der Waals surface area contributed by atoms with Crippen LogP contribution in [0.5, 0.6) is 0 Å². The zero-order valence-corrected chi connectivity index (χ0v) is 18.0. The standard InChI is InChI=1S/C21H30N2O3S/c1-12-13(2)27-19-18(12)20(25)23(14(3)22-19)11-17(24)26-16-9-7-15(8-10-16)21(4,5)6/h15-16H,7-11H2,1-6H3. The van der Waals surface area contributed by atoms with Gasteiger partial charge in [-0.2, -0.15) is 0 Å². The molecule has 2 aromatic rings. The molecule has 0 bridgehead atoms. The molecule has 0 spiro atoms. The van der Waals surface area contributed by atoms with Crippen molar-refractivity contribution in [1.82, 2.24) is 9.55 Å². The Bertz CT molecular complexity index is 912. The molecule has 0 atom stereocenters. The second kappa shape index (κ2) is 7.38. The van der Waals surface area contributed by atoms with Crippen LogP contribution in [0, 0.1) is 32.1 Å². The molecule has 1 saturated carbocycles. The van der Waals surface area contributed by atoms with Crippen LogP contribution in [-0.4, -0.2) is 21.6 Å². The van der Waals surface area contributed by atoms with Crippen molar-refractivity contribution in [3.63, 3.8) is 0 Å². The fourth-order valence-corrected chi connectivity index (χ4v) is 5.08. The fourth-order valence-electron chi connectivity index (χ4n) is 4.01. The molecular formula is C21H30N2O3S. The number of fused-ring (bicyclic) bond motifs is 1. The van der Waals surface area contributed by atoms with Gasteiger partial charge in [-0.05, 0) is 63.4 Å². The van der Waals surface area contributed by atoms with E-state index in [1.807, 2.05) is 13.8 Å². The molecule has 2 heterocycles. The third kappa shape index (κ3) is 4.10. The fraction of sp³-hybridized carbons (Fsp3) is 0.667. The van der Waals surface area contributed by atoms with Crippen LogP contribution in [0.3, 0.4) is 0 Å². The van der Waals surface area contributed by atoms with E-state index in [1.165, 1.54) is 15.9 Å². The Hall–Kier alpha value is -1.69. The van der Waals surface area contributed by atoms with Crippen LogP contribution in [0.25, 0.3) is 10.2 Å². The first kappa shape index (κ1) is 20.1. The molecule has 0 saturated heterocycles. The molecule has 1 aliphatic rings. The molecule has 0 aliphatic heterocycles. The van der Waals surface area contributed by atoms with Gasteiger partial charge in [-0.1, -0.05) is 20.8 Å². The maximum Gasteiger partial charge on any atom is 0.326 e. The Morgan fingerprint density at radius 3 is 2.41 bits per heavy atom. The summed E-state index contributed by atoms with van der Waals surface area (Å²) < 4.78 is 7.14. The summed E-state index contributed by atoms with van der Waals surface area (Å²) in [4.78, 5) is 31.7. The van der Waals surface area contributed by atoms with Crippen molar-refractivity contribution in [3.05, 3.63) is 26.6 Å². The molecule has 1 fully saturated rings. The van der Waals surface area contributed by atoms with Crippen LogP contribution < -0.4 is 5.56 Å². The van der Waals surface area contributed by atoms with Gasteiger partial charge in [-0.25, -0.2) is 4.98 Å². The summed E-state index contributed by atoms with van der Waals surface area (Å²) in [6, 6.07) is 0. The minimum Gasteiger partial charge on any atom is -0.461 e. The molecule has 0 N–H and O–H groups in total. The first-order chi connectivity index (χ1) is 12.6. The molecule has 1 aliphatic carbocycles. The van der Waals surface area contributed by atoms with Crippen LogP contribution in [0.1, 0.15) is 62.7 Å². The maximum absolute atomic E-state index is 12.9. The van der Waals surface area contributed by atoms with E-state index < -0.39 is 0 Å². The van der Waals surface area contributed by atoms with Gasteiger partial charge in [0.15, 0.2) is 0 Å². The van der Waals surface area contributed by atoms with E-state index in [9.17, 15) is 9.59 Å². The number of rotatable bonds is 3. The average molecular weight is 391 g/mol. The Morgan fingerprint density at radius 1 is 1.19 bits per heavy atom. The number of thiophene rings is 1. The van der Waals surface area contributed by atoms with Crippen LogP contribution in [0.15, 0.2) is 4.79 Å². The first-order valence-corrected chi connectivity index (χ1v) is 10.6. The Morgan fingerprint density at radius 2 is 1.81 bits per heavy atom. The predicted molar refractivity (Wildman–Crippen MR) is 109 cm³/mol. The van der Waals surface area contributed by atoms with E-state index in [1.54, 1.807) is 6.92 Å². The lowest BCUT2D eigenvalue weighted by molar-refractivity contribution is -0.152. The van der Waals surface area contributed by atoms with E-state index in [0.717, 1.165) is 41.0 Å². The van der Waals surface area contributed by atoms with Gasteiger partial charge in [-0.3, -0.25) is 14.2 Å². The van der Waals surface area contributed by atoms with Crippen molar-refractivity contribution < 1.29 is 9.53 Å². The molecule has 2 aromatic heterocycles. The lowest BCUT2D eigenvalue weighted by atomic mass is 9.72. The minimum absolute atomic E-state index is 0.0334. The molecule has 3 rings (SSSR count). The highest BCUT2D eigenvalue weighted by atomic mass is 32.1. The van der Waals surface area contributed by atoms with Crippen LogP contribution >= 0.6 is 11.3 Å². The number of carbonyl (C=O) groups is 1. The summed E-state index contributed by atoms with van der Waals surface area (Å²) in [6.45, 7) is 12.4. The van der Waals surface area contributed by atoms with E-state index in [-0.39, 0.29) is 24.2 Å². The monoisotopic (exact) mass is 390 g/mol. The quantitative estimate of drug-likeness (QED) is 0.722. The van der Waals surface area contributed by atoms with Gasteiger partial charge in [0, 0.05) is 4.88 Å². The number of carbonyl (C=O) groups excluding carboxylic acids is 1. The number of esters is 1. The molecule has 27 heavy (non-hydrogen) atoms. The lowest BCUT2D eigenvalue weighted by Gasteiger charge is -2.36. The second-order valence-electron chi connectivity index (χ2n) is 8.84. The van der Waals surface area contributed by atoms with E-state index in [0.29, 0.717) is 22.5 Å². The van der Waals surface area contributed by atoms with Crippen molar-refractivity contribution >= 4 is 27.5 Å². The summed E-state index contributed by atoms with van der Waals surface area (Å²) in [7, 11) is 0. The number of aromatic nitrogens is 2. The highest BCUT2D eigenvalue weighted by molar-refractivity contribution is 7.18. The van der Waals surface area contributed by atoms with E-state index in [2.05, 4.69) is 25.8 Å². The zero-order valence-electron chi connectivity index (χ0n) is 17.2. The van der Waals surface area contributed by atoms with Crippen molar-refractivity contribution in [1.29, 1.82) is 0 Å². The smallest absolute Gasteiger partial charge is 0.326 e. The number of hydrogen-bond donors (Lipinski definition) is 0. The molecule has 5 nitrogen and oxygen atoms in total. The van der Waals surface area contributed by atoms with E-state index >= 15 is 0 Å². The largest absolute Gasteiger partial charge is 0.461 e. The predicted octanol–water partition coefficient (Wildman–Crippen LogP) is 4.53. The van der Waals surface area contributed by atoms with Crippen LogP contribution in [0.4, 0.5) is 0 Å². The van der Waals surface area contributed by atoms with Crippen molar-refractivity contribution in [3.8, 4) is 0 Å². The van der Waals surface area contributed by atoms with Crippen molar-refractivity contribution in [2.24, 2.45) is 11.3 Å². The Labute approximate surface area is 164 Å². The van der Waals surface area contributed by atoms with Gasteiger partial charge < -0.3 is 4.74 Å². The zero-order chi connectivity index (χ0) is 19.9. The lowest BCUT2D eigenvalue weighted by Crippen LogP contribution is -2.33. The molecule has 0 amide bonds. The van der Waals surface area contributed by atoms with Gasteiger partial charge in [0.2, 0.25) is 0 Å². The van der Waals surface area contributed by atoms with Gasteiger partial charge >= 0.3 is 5.97 Å². The topological polar surface area (TPSA) is 61.2 Å². The van der Waals surface area contributed by atoms with Gasteiger partial charge in [0.1, 0.15) is 23.3 Å². The molecule has 0 radical (unpaired) electrons. The third-order valence-corrected chi connectivity index (χ3v) is 7.07. The number of aryl methyl sites for hydroxylation is 3. The van der Waals surface area contributed by atoms with Crippen molar-refractivity contribution in [2.75, 3.05) is 0 Å². The summed E-state index contributed by atoms with van der Waals surface area (Å²) in [5.74, 6) is 0.890. The highest BCUT2D eigenvalue weighted by Gasteiger charge is 2.31. The average Bonchev–Trinajstić information content (AvgIpc) is 2.85. The number of nitrogens with zero attached hydrogens (tertiary/aromatic N) is 2. The molecule has 148 valence electrons. The third-order valence-electron chi connectivity index (χ3n) is 5.96. The van der Waals surface area contributed by atoms with Crippen molar-refractivity contribution in [2.45, 2.75) is 79.9 Å². The SMILES string of the molecule is Cc1sc2nc(C)n(CC(=O)OC3CCC(C(C)(C)C)CC3)c(=O)c2c1C. The summed E-state index contributed by atoms with van der Waals surface area (Å²) >= 11 is 1.52. The summed E-state index contributed by atoms with van der Waals surface area (Å²) in [5, 5.41) is 0.626. The van der Waals surface area contributed by atoms with E-state index in [4.69, 9.17) is 4.74 Å². The summed E-state index contributed by atoms with van der Waals surface area (Å²) in [5.41, 5.74) is 1.11. The minimum atomic E-state index is -0.342. The van der Waals surface area contributed by atoms with Crippen LogP contribution in [0.2, 0.25) is 0 Å². The molecule has 6 heteroatoms. The van der Waals surface area contributed by atoms with Crippen LogP contribution in [-0.2, 0) is 16.1 Å². The Kier molecular flexibility index (Phi) is 5.48. The summed E-state index contributed by atoms with van der Waals surface area (Å²) in [6.07, 6.45) is 3.94. The number of hydrogen-bond acceptors (Lipinski definition) is 5. The molecule has 0 unspecified atom stereocenters. The number of ether oxygens (including phenoxy) is 1. The normalized spacial score (nSPS) is 20.8. The maximum atomic E-state index is 12.9. The first-order valence-electron chi connectivity index (χ1n) is 9.74. The van der Waals surface area contributed by atoms with Gasteiger partial charge in [-0.15, -0.1) is 11.3 Å². The highest BCUT2D eigenvalue weighted by Crippen LogP contribution is 2.38. The molecular weight excluding hydrogens is 360 g/mol. The molecule has 0 aromatic carbocycles. The van der Waals surface area contributed by atoms with Gasteiger partial charge in [0.25, 0.3) is 5.56 Å². The van der Waals surface area contributed by atoms with Gasteiger partial charge in [0.05, 0.1) is 5.39 Å². The second-order valence-corrected chi connectivity index (χ2v) is 10.0. The Balaban J connectivity index is 1.70.